The fourth-order valence-electron chi connectivity index (χ4n) is 8.50. The van der Waals surface area contributed by atoms with Crippen molar-refractivity contribution in [1.29, 1.82) is 0 Å². The van der Waals surface area contributed by atoms with Gasteiger partial charge in [-0.15, -0.1) is 0 Å². The van der Waals surface area contributed by atoms with E-state index in [-0.39, 0.29) is 0 Å². The number of benzene rings is 7. The number of pyridine rings is 1. The Kier molecular flexibility index (Phi) is 8.78. The lowest BCUT2D eigenvalue weighted by atomic mass is 9.82. The Balaban J connectivity index is 1.21. The maximum absolute atomic E-state index is 4.63. The normalized spacial score (nSPS) is 13.9. The molecule has 0 amide bonds. The first kappa shape index (κ1) is 33.5. The number of allylic oxidation sites excluding steroid dienone is 6. The van der Waals surface area contributed by atoms with Gasteiger partial charge in [-0.1, -0.05) is 152 Å². The van der Waals surface area contributed by atoms with Crippen LogP contribution in [0.1, 0.15) is 18.4 Å². The van der Waals surface area contributed by atoms with E-state index in [1.165, 1.54) is 88.5 Å². The van der Waals surface area contributed by atoms with Crippen molar-refractivity contribution in [3.05, 3.63) is 217 Å². The van der Waals surface area contributed by atoms with Gasteiger partial charge in [0.1, 0.15) is 0 Å². The number of dihydropyridines is 1. The van der Waals surface area contributed by atoms with Crippen LogP contribution in [-0.2, 0) is 0 Å². The first-order chi connectivity index (χ1) is 27.8. The molecule has 0 saturated heterocycles. The zero-order valence-electron chi connectivity index (χ0n) is 31.1. The second-order valence-electron chi connectivity index (χ2n) is 14.7. The van der Waals surface area contributed by atoms with Crippen LogP contribution in [0.4, 0.5) is 0 Å². The van der Waals surface area contributed by atoms with Crippen LogP contribution in [0.5, 0.6) is 0 Å². The predicted molar refractivity (Wildman–Crippen MR) is 237 cm³/mol. The Morgan fingerprint density at radius 2 is 0.964 bits per heavy atom. The SMILES string of the molecule is C1=CCNC(C2=CC=C(c3c4ccccc4c(-c4ccc(-c5ccccn5)cc4)c4cc(-c5cc(-c6ccccc6)cc(-c6ccccc6)c5)ccc34)CC2)=C1. The van der Waals surface area contributed by atoms with Crippen molar-refractivity contribution in [2.75, 3.05) is 6.54 Å². The molecule has 266 valence electrons. The molecule has 0 radical (unpaired) electrons. The largest absolute Gasteiger partial charge is 0.381 e. The maximum atomic E-state index is 4.63. The summed E-state index contributed by atoms with van der Waals surface area (Å²) >= 11 is 0. The molecule has 2 aliphatic rings. The summed E-state index contributed by atoms with van der Waals surface area (Å²) < 4.78 is 0. The van der Waals surface area contributed by atoms with E-state index >= 15 is 0 Å². The van der Waals surface area contributed by atoms with Gasteiger partial charge in [0.25, 0.3) is 0 Å². The first-order valence-corrected chi connectivity index (χ1v) is 19.5. The standard InChI is InChI=1S/C54H40N2/c1-3-13-37(14-4-1)44-33-45(38-15-5-2-6-16-38)35-46(34-44)43-29-30-49-50(36-43)54(42-27-23-40(24-28-42)52-20-10-12-32-56-52)48-18-8-7-17-47(48)53(49)41-25-21-39(22-26-41)51-19-9-11-31-55-51/h1-21,23-25,27-30,32-36,55H,22,26,31H2. The second-order valence-corrected chi connectivity index (χ2v) is 14.7. The van der Waals surface area contributed by atoms with E-state index in [1.54, 1.807) is 0 Å². The van der Waals surface area contributed by atoms with Crippen LogP contribution in [0, 0.1) is 0 Å². The summed E-state index contributed by atoms with van der Waals surface area (Å²) in [6.45, 7) is 0.878. The lowest BCUT2D eigenvalue weighted by molar-refractivity contribution is 0.857. The Morgan fingerprint density at radius 1 is 0.393 bits per heavy atom. The Bertz CT molecular complexity index is 2800. The molecule has 2 nitrogen and oxygen atoms in total. The zero-order chi connectivity index (χ0) is 37.3. The van der Waals surface area contributed by atoms with Crippen molar-refractivity contribution < 1.29 is 0 Å². The van der Waals surface area contributed by atoms with Gasteiger partial charge >= 0.3 is 0 Å². The van der Waals surface area contributed by atoms with Crippen molar-refractivity contribution >= 4 is 27.1 Å². The van der Waals surface area contributed by atoms with E-state index < -0.39 is 0 Å². The summed E-state index contributed by atoms with van der Waals surface area (Å²) in [5, 5.41) is 8.65. The highest BCUT2D eigenvalue weighted by molar-refractivity contribution is 6.19. The monoisotopic (exact) mass is 716 g/mol. The van der Waals surface area contributed by atoms with Gasteiger partial charge in [-0.25, -0.2) is 0 Å². The fourth-order valence-corrected chi connectivity index (χ4v) is 8.50. The third kappa shape index (κ3) is 6.36. The first-order valence-electron chi connectivity index (χ1n) is 19.5. The minimum Gasteiger partial charge on any atom is -0.381 e. The van der Waals surface area contributed by atoms with E-state index in [2.05, 4.69) is 192 Å². The van der Waals surface area contributed by atoms with Crippen molar-refractivity contribution in [3.63, 3.8) is 0 Å². The molecular weight excluding hydrogens is 677 g/mol. The number of hydrogen-bond acceptors (Lipinski definition) is 2. The topological polar surface area (TPSA) is 24.9 Å². The minimum atomic E-state index is 0.878. The minimum absolute atomic E-state index is 0.878. The van der Waals surface area contributed by atoms with E-state index in [0.29, 0.717) is 0 Å². The van der Waals surface area contributed by atoms with Gasteiger partial charge in [0, 0.05) is 24.0 Å². The quantitative estimate of drug-likeness (QED) is 0.166. The lowest BCUT2D eigenvalue weighted by Gasteiger charge is -2.23. The number of nitrogens with zero attached hydrogens (tertiary/aromatic N) is 1. The molecule has 2 heterocycles. The smallest absolute Gasteiger partial charge is 0.0701 e. The molecule has 0 unspecified atom stereocenters. The molecule has 0 saturated carbocycles. The van der Waals surface area contributed by atoms with E-state index in [1.807, 2.05) is 18.3 Å². The van der Waals surface area contributed by atoms with E-state index in [9.17, 15) is 0 Å². The second kappa shape index (κ2) is 14.7. The highest BCUT2D eigenvalue weighted by Crippen LogP contribution is 2.46. The van der Waals surface area contributed by atoms with Crippen molar-refractivity contribution in [3.8, 4) is 55.8 Å². The lowest BCUT2D eigenvalue weighted by Crippen LogP contribution is -2.17. The fraction of sp³-hybridized carbons (Fsp3) is 0.0556. The molecule has 0 bridgehead atoms. The highest BCUT2D eigenvalue weighted by atomic mass is 14.9. The van der Waals surface area contributed by atoms with Crippen LogP contribution >= 0.6 is 0 Å². The molecule has 2 heteroatoms. The number of nitrogens with one attached hydrogen (secondary N) is 1. The Morgan fingerprint density at radius 3 is 1.59 bits per heavy atom. The molecule has 8 aromatic rings. The van der Waals surface area contributed by atoms with Crippen molar-refractivity contribution in [2.24, 2.45) is 0 Å². The van der Waals surface area contributed by atoms with Gasteiger partial charge in [-0.3, -0.25) is 4.98 Å². The molecular formula is C54H40N2. The third-order valence-corrected chi connectivity index (χ3v) is 11.3. The molecule has 0 fully saturated rings. The van der Waals surface area contributed by atoms with Crippen LogP contribution in [0.25, 0.3) is 82.9 Å². The molecule has 0 atom stereocenters. The average Bonchev–Trinajstić information content (AvgIpc) is 3.29. The summed E-state index contributed by atoms with van der Waals surface area (Å²) in [4.78, 5) is 4.63. The van der Waals surface area contributed by atoms with E-state index in [4.69, 9.17) is 0 Å². The van der Waals surface area contributed by atoms with Crippen molar-refractivity contribution in [1.82, 2.24) is 10.3 Å². The average molecular weight is 717 g/mol. The number of fused-ring (bicyclic) bond motifs is 2. The summed E-state index contributed by atoms with van der Waals surface area (Å²) in [5.74, 6) is 0. The van der Waals surface area contributed by atoms with Crippen LogP contribution in [0.15, 0.2) is 212 Å². The maximum Gasteiger partial charge on any atom is 0.0701 e. The molecule has 1 aromatic heterocycles. The Labute approximate surface area is 328 Å². The summed E-state index contributed by atoms with van der Waals surface area (Å²) in [6.07, 6.45) is 15.1. The van der Waals surface area contributed by atoms with Gasteiger partial charge in [-0.2, -0.15) is 0 Å². The molecule has 1 aliphatic heterocycles. The van der Waals surface area contributed by atoms with Crippen LogP contribution in [0.3, 0.4) is 0 Å². The van der Waals surface area contributed by atoms with Gasteiger partial charge < -0.3 is 5.32 Å². The van der Waals surface area contributed by atoms with Gasteiger partial charge in [0.05, 0.1) is 5.69 Å². The Hall–Kier alpha value is -7.03. The number of hydrogen-bond donors (Lipinski definition) is 1. The van der Waals surface area contributed by atoms with Crippen molar-refractivity contribution in [2.45, 2.75) is 12.8 Å². The molecule has 10 rings (SSSR count). The summed E-state index contributed by atoms with van der Waals surface area (Å²) in [6, 6.07) is 59.7. The molecule has 7 aromatic carbocycles. The predicted octanol–water partition coefficient (Wildman–Crippen LogP) is 13.9. The molecule has 56 heavy (non-hydrogen) atoms. The summed E-state index contributed by atoms with van der Waals surface area (Å²) in [5.41, 5.74) is 17.1. The van der Waals surface area contributed by atoms with Gasteiger partial charge in [0.2, 0.25) is 0 Å². The number of aromatic nitrogens is 1. The van der Waals surface area contributed by atoms with E-state index in [0.717, 1.165) is 30.6 Å². The summed E-state index contributed by atoms with van der Waals surface area (Å²) in [7, 11) is 0. The zero-order valence-corrected chi connectivity index (χ0v) is 31.1. The molecule has 1 N–H and O–H groups in total. The highest BCUT2D eigenvalue weighted by Gasteiger charge is 2.21. The van der Waals surface area contributed by atoms with Crippen LogP contribution < -0.4 is 5.32 Å². The number of rotatable bonds is 7. The van der Waals surface area contributed by atoms with Gasteiger partial charge in [-0.05, 0) is 138 Å². The third-order valence-electron chi connectivity index (χ3n) is 11.3. The van der Waals surface area contributed by atoms with Crippen LogP contribution in [0.2, 0.25) is 0 Å². The molecule has 0 spiro atoms. The van der Waals surface area contributed by atoms with Gasteiger partial charge in [0.15, 0.2) is 0 Å². The molecule has 1 aliphatic carbocycles. The van der Waals surface area contributed by atoms with Crippen LogP contribution in [-0.4, -0.2) is 11.5 Å².